The van der Waals surface area contributed by atoms with Crippen LogP contribution in [0.25, 0.3) is 0 Å². The van der Waals surface area contributed by atoms with Crippen LogP contribution in [0.2, 0.25) is 0 Å². The number of aromatic nitrogens is 1. The molecule has 0 bridgehead atoms. The molecule has 0 aliphatic carbocycles. The number of hydrogen-bond donors (Lipinski definition) is 2. The van der Waals surface area contributed by atoms with E-state index in [9.17, 15) is 9.59 Å². The van der Waals surface area contributed by atoms with Crippen LogP contribution in [0.3, 0.4) is 0 Å². The van der Waals surface area contributed by atoms with Crippen molar-refractivity contribution in [3.05, 3.63) is 33.7 Å². The zero-order valence-electron chi connectivity index (χ0n) is 12.9. The van der Waals surface area contributed by atoms with Gasteiger partial charge in [-0.15, -0.1) is 0 Å². The van der Waals surface area contributed by atoms with Gasteiger partial charge in [0.15, 0.2) is 0 Å². The fourth-order valence-electron chi connectivity index (χ4n) is 2.29. The first kappa shape index (κ1) is 15.6. The average molecular weight is 293 g/mol. The standard InChI is InChI=1S/C15H23N3O3/c1-15(2,3)21-14(20)17-7-9-18-8-5-11-4-6-16-10-12(11)13(18)19/h5,8,16H,4,6-7,9-10H2,1-3H3,(H,17,20). The minimum Gasteiger partial charge on any atom is -0.444 e. The molecule has 0 saturated carbocycles. The van der Waals surface area contributed by atoms with Crippen molar-refractivity contribution in [1.29, 1.82) is 0 Å². The largest absolute Gasteiger partial charge is 0.444 e. The van der Waals surface area contributed by atoms with E-state index in [0.29, 0.717) is 19.6 Å². The van der Waals surface area contributed by atoms with Crippen molar-refractivity contribution < 1.29 is 9.53 Å². The zero-order chi connectivity index (χ0) is 15.5. The summed E-state index contributed by atoms with van der Waals surface area (Å²) in [5.41, 5.74) is 1.46. The third kappa shape index (κ3) is 4.32. The third-order valence-electron chi connectivity index (χ3n) is 3.26. The normalized spacial score (nSPS) is 14.4. The van der Waals surface area contributed by atoms with Gasteiger partial charge >= 0.3 is 6.09 Å². The Kier molecular flexibility index (Phi) is 4.67. The number of rotatable bonds is 3. The molecule has 21 heavy (non-hydrogen) atoms. The lowest BCUT2D eigenvalue weighted by atomic mass is 10.0. The lowest BCUT2D eigenvalue weighted by Crippen LogP contribution is -2.37. The molecule has 0 radical (unpaired) electrons. The number of hydrogen-bond acceptors (Lipinski definition) is 4. The van der Waals surface area contributed by atoms with Gasteiger partial charge < -0.3 is 19.9 Å². The summed E-state index contributed by atoms with van der Waals surface area (Å²) in [6, 6.07) is 1.99. The number of fused-ring (bicyclic) bond motifs is 1. The number of pyridine rings is 1. The number of carbonyl (C=O) groups excluding carboxylic acids is 1. The summed E-state index contributed by atoms with van der Waals surface area (Å²) < 4.78 is 6.78. The Bertz CT molecular complexity index is 573. The number of alkyl carbamates (subject to hydrolysis) is 1. The predicted octanol–water partition coefficient (Wildman–Crippen LogP) is 1.02. The van der Waals surface area contributed by atoms with Crippen LogP contribution in [0.4, 0.5) is 4.79 Å². The van der Waals surface area contributed by atoms with Gasteiger partial charge in [0, 0.05) is 31.4 Å². The van der Waals surface area contributed by atoms with Crippen LogP contribution in [0.15, 0.2) is 17.1 Å². The molecular formula is C15H23N3O3. The lowest BCUT2D eigenvalue weighted by Gasteiger charge is -2.20. The smallest absolute Gasteiger partial charge is 0.407 e. The van der Waals surface area contributed by atoms with Gasteiger partial charge in [-0.1, -0.05) is 0 Å². The Balaban J connectivity index is 1.92. The summed E-state index contributed by atoms with van der Waals surface area (Å²) in [7, 11) is 0. The van der Waals surface area contributed by atoms with Gasteiger partial charge in [0.2, 0.25) is 0 Å². The Labute approximate surface area is 124 Å². The van der Waals surface area contributed by atoms with Crippen LogP contribution < -0.4 is 16.2 Å². The highest BCUT2D eigenvalue weighted by molar-refractivity contribution is 5.67. The Morgan fingerprint density at radius 1 is 1.48 bits per heavy atom. The molecule has 0 aromatic carbocycles. The minimum absolute atomic E-state index is 0.0192. The second kappa shape index (κ2) is 6.30. The average Bonchev–Trinajstić information content (AvgIpc) is 2.40. The fraction of sp³-hybridized carbons (Fsp3) is 0.600. The topological polar surface area (TPSA) is 72.4 Å². The van der Waals surface area contributed by atoms with Crippen LogP contribution in [-0.2, 0) is 24.2 Å². The Morgan fingerprint density at radius 2 is 2.24 bits per heavy atom. The van der Waals surface area contributed by atoms with E-state index >= 15 is 0 Å². The molecule has 2 N–H and O–H groups in total. The Morgan fingerprint density at radius 3 is 2.95 bits per heavy atom. The number of amides is 1. The van der Waals surface area contributed by atoms with Crippen molar-refractivity contribution in [1.82, 2.24) is 15.2 Å². The molecule has 0 fully saturated rings. The molecule has 0 atom stereocenters. The molecule has 0 saturated heterocycles. The number of nitrogens with zero attached hydrogens (tertiary/aromatic N) is 1. The van der Waals surface area contributed by atoms with Crippen molar-refractivity contribution in [2.24, 2.45) is 0 Å². The van der Waals surface area contributed by atoms with E-state index in [1.54, 1.807) is 10.8 Å². The van der Waals surface area contributed by atoms with Crippen molar-refractivity contribution in [2.45, 2.75) is 45.9 Å². The molecule has 2 rings (SSSR count). The summed E-state index contributed by atoms with van der Waals surface area (Å²) in [4.78, 5) is 23.8. The molecule has 116 valence electrons. The van der Waals surface area contributed by atoms with E-state index in [-0.39, 0.29) is 5.56 Å². The first-order valence-corrected chi connectivity index (χ1v) is 7.25. The molecule has 1 aromatic heterocycles. The van der Waals surface area contributed by atoms with Gasteiger partial charge in [-0.2, -0.15) is 0 Å². The number of ether oxygens (including phenoxy) is 1. The van der Waals surface area contributed by atoms with Gasteiger partial charge in [0.05, 0.1) is 0 Å². The van der Waals surface area contributed by atoms with Gasteiger partial charge in [-0.25, -0.2) is 4.79 Å². The fourth-order valence-corrected chi connectivity index (χ4v) is 2.29. The minimum atomic E-state index is -0.515. The van der Waals surface area contributed by atoms with E-state index in [1.807, 2.05) is 26.8 Å². The van der Waals surface area contributed by atoms with E-state index in [1.165, 1.54) is 0 Å². The SMILES string of the molecule is CC(C)(C)OC(=O)NCCn1ccc2c(c1=O)CNCC2. The first-order chi connectivity index (χ1) is 9.87. The van der Waals surface area contributed by atoms with Crippen molar-refractivity contribution in [3.63, 3.8) is 0 Å². The maximum Gasteiger partial charge on any atom is 0.407 e. The lowest BCUT2D eigenvalue weighted by molar-refractivity contribution is 0.0526. The van der Waals surface area contributed by atoms with Gasteiger partial charge in [-0.05, 0) is 45.4 Å². The van der Waals surface area contributed by atoms with Crippen molar-refractivity contribution in [2.75, 3.05) is 13.1 Å². The molecule has 6 nitrogen and oxygen atoms in total. The second-order valence-electron chi connectivity index (χ2n) is 6.17. The summed E-state index contributed by atoms with van der Waals surface area (Å²) in [5.74, 6) is 0. The maximum absolute atomic E-state index is 12.3. The van der Waals surface area contributed by atoms with Crippen LogP contribution in [0.5, 0.6) is 0 Å². The number of nitrogens with one attached hydrogen (secondary N) is 2. The second-order valence-corrected chi connectivity index (χ2v) is 6.17. The molecule has 6 heteroatoms. The molecule has 1 aromatic rings. The van der Waals surface area contributed by atoms with E-state index in [0.717, 1.165) is 24.1 Å². The predicted molar refractivity (Wildman–Crippen MR) is 80.3 cm³/mol. The highest BCUT2D eigenvalue weighted by Gasteiger charge is 2.16. The third-order valence-corrected chi connectivity index (χ3v) is 3.26. The highest BCUT2D eigenvalue weighted by Crippen LogP contribution is 2.08. The van der Waals surface area contributed by atoms with Gasteiger partial charge in [0.25, 0.3) is 5.56 Å². The monoisotopic (exact) mass is 293 g/mol. The molecular weight excluding hydrogens is 270 g/mol. The van der Waals surface area contributed by atoms with Crippen LogP contribution >= 0.6 is 0 Å². The van der Waals surface area contributed by atoms with Crippen LogP contribution in [-0.4, -0.2) is 29.4 Å². The van der Waals surface area contributed by atoms with Crippen LogP contribution in [0.1, 0.15) is 31.9 Å². The van der Waals surface area contributed by atoms with E-state index < -0.39 is 11.7 Å². The van der Waals surface area contributed by atoms with Crippen molar-refractivity contribution >= 4 is 6.09 Å². The Hall–Kier alpha value is -1.82. The van der Waals surface area contributed by atoms with Crippen molar-refractivity contribution in [3.8, 4) is 0 Å². The molecule has 2 heterocycles. The first-order valence-electron chi connectivity index (χ1n) is 7.25. The van der Waals surface area contributed by atoms with E-state index in [2.05, 4.69) is 10.6 Å². The van der Waals surface area contributed by atoms with E-state index in [4.69, 9.17) is 4.74 Å². The van der Waals surface area contributed by atoms with Gasteiger partial charge in [0.1, 0.15) is 5.60 Å². The number of carbonyl (C=O) groups is 1. The highest BCUT2D eigenvalue weighted by atomic mass is 16.6. The summed E-state index contributed by atoms with van der Waals surface area (Å²) in [6.45, 7) is 7.77. The molecule has 1 aliphatic heterocycles. The molecule has 1 aliphatic rings. The summed E-state index contributed by atoms with van der Waals surface area (Å²) >= 11 is 0. The quantitative estimate of drug-likeness (QED) is 0.873. The summed E-state index contributed by atoms with van der Waals surface area (Å²) in [6.07, 6.45) is 2.22. The zero-order valence-corrected chi connectivity index (χ0v) is 12.9. The van der Waals surface area contributed by atoms with Gasteiger partial charge in [-0.3, -0.25) is 4.79 Å². The summed E-state index contributed by atoms with van der Waals surface area (Å²) in [5, 5.41) is 5.86. The molecule has 1 amide bonds. The maximum atomic E-state index is 12.3. The van der Waals surface area contributed by atoms with Crippen LogP contribution in [0, 0.1) is 0 Å². The molecule has 0 unspecified atom stereocenters. The molecule has 0 spiro atoms.